The molecule has 0 bridgehead atoms. The zero-order chi connectivity index (χ0) is 15.5. The number of rotatable bonds is 5. The molecule has 0 atom stereocenters. The van der Waals surface area contributed by atoms with Crippen LogP contribution >= 0.6 is 10.7 Å². The molecule has 7 nitrogen and oxygen atoms in total. The van der Waals surface area contributed by atoms with E-state index in [4.69, 9.17) is 10.7 Å². The number of amides is 1. The number of nitro benzene ring substituents is 1. The number of carbonyl (C=O) groups is 1. The van der Waals surface area contributed by atoms with E-state index >= 15 is 0 Å². The molecule has 1 aromatic rings. The van der Waals surface area contributed by atoms with E-state index in [1.807, 2.05) is 6.92 Å². The summed E-state index contributed by atoms with van der Waals surface area (Å²) in [6, 6.07) is 1.88. The molecule has 1 amide bonds. The number of hydrogen-bond acceptors (Lipinski definition) is 5. The normalized spacial score (nSPS) is 11.2. The van der Waals surface area contributed by atoms with Crippen LogP contribution in [0, 0.1) is 17.0 Å². The molecule has 0 saturated carbocycles. The summed E-state index contributed by atoms with van der Waals surface area (Å²) in [6.07, 6.45) is 0.681. The fraction of sp³-hybridized carbons (Fsp3) is 0.364. The van der Waals surface area contributed by atoms with Crippen LogP contribution < -0.4 is 5.32 Å². The van der Waals surface area contributed by atoms with Crippen LogP contribution in [0.4, 0.5) is 5.69 Å². The van der Waals surface area contributed by atoms with Gasteiger partial charge in [-0.15, -0.1) is 0 Å². The molecule has 0 heterocycles. The molecular formula is C11H13ClN2O5S. The van der Waals surface area contributed by atoms with Crippen molar-refractivity contribution in [1.29, 1.82) is 0 Å². The van der Waals surface area contributed by atoms with Crippen molar-refractivity contribution < 1.29 is 18.1 Å². The summed E-state index contributed by atoms with van der Waals surface area (Å²) in [4.78, 5) is 21.5. The molecule has 0 fully saturated rings. The Bertz CT molecular complexity index is 657. The van der Waals surface area contributed by atoms with Crippen LogP contribution in [-0.4, -0.2) is 25.8 Å². The number of non-ortho nitro benzene ring substituents is 1. The van der Waals surface area contributed by atoms with Crippen molar-refractivity contribution in [3.05, 3.63) is 33.4 Å². The summed E-state index contributed by atoms with van der Waals surface area (Å²) < 4.78 is 22.9. The van der Waals surface area contributed by atoms with E-state index < -0.39 is 30.5 Å². The molecule has 20 heavy (non-hydrogen) atoms. The Morgan fingerprint density at radius 1 is 1.45 bits per heavy atom. The van der Waals surface area contributed by atoms with Crippen LogP contribution in [0.2, 0.25) is 0 Å². The molecule has 0 radical (unpaired) electrons. The lowest BCUT2D eigenvalue weighted by Gasteiger charge is -2.09. The Kier molecular flexibility index (Phi) is 5.07. The highest BCUT2D eigenvalue weighted by molar-refractivity contribution is 8.13. The van der Waals surface area contributed by atoms with Crippen LogP contribution in [0.5, 0.6) is 0 Å². The summed E-state index contributed by atoms with van der Waals surface area (Å²) in [5.74, 6) is -0.574. The van der Waals surface area contributed by atoms with Gasteiger partial charge < -0.3 is 5.32 Å². The smallest absolute Gasteiger partial charge is 0.271 e. The monoisotopic (exact) mass is 320 g/mol. The Balaban J connectivity index is 3.47. The van der Waals surface area contributed by atoms with Gasteiger partial charge in [0.1, 0.15) is 0 Å². The Labute approximate surface area is 120 Å². The molecule has 9 heteroatoms. The highest BCUT2D eigenvalue weighted by Gasteiger charge is 2.24. The molecule has 1 aromatic carbocycles. The van der Waals surface area contributed by atoms with Crippen molar-refractivity contribution in [2.24, 2.45) is 0 Å². The van der Waals surface area contributed by atoms with Crippen LogP contribution in [0.1, 0.15) is 29.3 Å². The molecule has 1 N–H and O–H groups in total. The minimum absolute atomic E-state index is 0.0770. The molecular weight excluding hydrogens is 308 g/mol. The van der Waals surface area contributed by atoms with Gasteiger partial charge in [0.25, 0.3) is 20.6 Å². The predicted molar refractivity (Wildman–Crippen MR) is 73.5 cm³/mol. The summed E-state index contributed by atoms with van der Waals surface area (Å²) in [5, 5.41) is 13.4. The van der Waals surface area contributed by atoms with Gasteiger partial charge in [-0.3, -0.25) is 14.9 Å². The number of benzene rings is 1. The van der Waals surface area contributed by atoms with Crippen LogP contribution in [0.15, 0.2) is 17.0 Å². The highest BCUT2D eigenvalue weighted by Crippen LogP contribution is 2.28. The van der Waals surface area contributed by atoms with E-state index in [1.54, 1.807) is 0 Å². The van der Waals surface area contributed by atoms with Gasteiger partial charge >= 0.3 is 0 Å². The molecule has 0 saturated heterocycles. The van der Waals surface area contributed by atoms with Crippen molar-refractivity contribution in [3.63, 3.8) is 0 Å². The molecule has 0 aromatic heterocycles. The second kappa shape index (κ2) is 6.19. The number of hydrogen-bond donors (Lipinski definition) is 1. The van der Waals surface area contributed by atoms with Crippen molar-refractivity contribution in [2.75, 3.05) is 6.54 Å². The third-order valence-corrected chi connectivity index (χ3v) is 4.05. The van der Waals surface area contributed by atoms with Gasteiger partial charge in [0.15, 0.2) is 0 Å². The first-order valence-electron chi connectivity index (χ1n) is 5.70. The first-order chi connectivity index (χ1) is 9.18. The zero-order valence-corrected chi connectivity index (χ0v) is 12.4. The topological polar surface area (TPSA) is 106 Å². The maximum atomic E-state index is 11.9. The lowest BCUT2D eigenvalue weighted by atomic mass is 10.1. The fourth-order valence-electron chi connectivity index (χ4n) is 1.60. The summed E-state index contributed by atoms with van der Waals surface area (Å²) in [7, 11) is 1.06. The number of nitrogens with one attached hydrogen (secondary N) is 1. The van der Waals surface area contributed by atoms with Gasteiger partial charge in [0, 0.05) is 29.4 Å². The van der Waals surface area contributed by atoms with E-state index in [-0.39, 0.29) is 11.1 Å². The standard InChI is InChI=1S/C11H13ClN2O5S/c1-3-4-13-11(15)9-5-8(14(16)17)6-10(7(9)2)20(12,18)19/h5-6H,3-4H2,1-2H3,(H,13,15). The van der Waals surface area contributed by atoms with Crippen molar-refractivity contribution in [2.45, 2.75) is 25.2 Å². The third-order valence-electron chi connectivity index (χ3n) is 2.60. The maximum Gasteiger partial charge on any atom is 0.271 e. The second-order valence-corrected chi connectivity index (χ2v) is 6.60. The molecule has 110 valence electrons. The van der Waals surface area contributed by atoms with E-state index in [9.17, 15) is 23.3 Å². The van der Waals surface area contributed by atoms with Crippen molar-refractivity contribution in [3.8, 4) is 0 Å². The van der Waals surface area contributed by atoms with Crippen molar-refractivity contribution in [1.82, 2.24) is 5.32 Å². The second-order valence-electron chi connectivity index (χ2n) is 4.07. The largest absolute Gasteiger partial charge is 0.352 e. The summed E-state index contributed by atoms with van der Waals surface area (Å²) >= 11 is 0. The number of nitro groups is 1. The van der Waals surface area contributed by atoms with Crippen LogP contribution in [-0.2, 0) is 9.05 Å². The Morgan fingerprint density at radius 3 is 2.50 bits per heavy atom. The average molecular weight is 321 g/mol. The van der Waals surface area contributed by atoms with E-state index in [2.05, 4.69) is 5.32 Å². The van der Waals surface area contributed by atoms with Gasteiger partial charge in [0.2, 0.25) is 0 Å². The van der Waals surface area contributed by atoms with Gasteiger partial charge in [0.05, 0.1) is 15.4 Å². The van der Waals surface area contributed by atoms with E-state index in [0.717, 1.165) is 12.1 Å². The minimum atomic E-state index is -4.18. The molecule has 0 aliphatic rings. The first-order valence-corrected chi connectivity index (χ1v) is 8.01. The van der Waals surface area contributed by atoms with E-state index in [0.29, 0.717) is 13.0 Å². The summed E-state index contributed by atoms with van der Waals surface area (Å²) in [6.45, 7) is 3.60. The molecule has 0 aliphatic heterocycles. The third kappa shape index (κ3) is 3.67. The lowest BCUT2D eigenvalue weighted by Crippen LogP contribution is -2.25. The Morgan fingerprint density at radius 2 is 2.05 bits per heavy atom. The van der Waals surface area contributed by atoms with Gasteiger partial charge in [-0.05, 0) is 18.9 Å². The Hall–Kier alpha value is -1.67. The predicted octanol–water partition coefficient (Wildman–Crippen LogP) is 1.97. The SMILES string of the molecule is CCCNC(=O)c1cc([N+](=O)[O-])cc(S(=O)(=O)Cl)c1C. The number of halogens is 1. The molecule has 0 aliphatic carbocycles. The summed E-state index contributed by atoms with van der Waals surface area (Å²) in [5.41, 5.74) is -0.498. The average Bonchev–Trinajstić information content (AvgIpc) is 2.34. The molecule has 0 spiro atoms. The zero-order valence-electron chi connectivity index (χ0n) is 10.8. The van der Waals surface area contributed by atoms with Gasteiger partial charge in [-0.25, -0.2) is 8.42 Å². The number of nitrogens with zero attached hydrogens (tertiary/aromatic N) is 1. The van der Waals surface area contributed by atoms with Gasteiger partial charge in [-0.1, -0.05) is 6.92 Å². The van der Waals surface area contributed by atoms with Crippen molar-refractivity contribution >= 4 is 31.3 Å². The quantitative estimate of drug-likeness (QED) is 0.507. The molecule has 0 unspecified atom stereocenters. The van der Waals surface area contributed by atoms with Crippen LogP contribution in [0.25, 0.3) is 0 Å². The first kappa shape index (κ1) is 16.4. The van der Waals surface area contributed by atoms with Gasteiger partial charge in [-0.2, -0.15) is 0 Å². The van der Waals surface area contributed by atoms with E-state index in [1.165, 1.54) is 6.92 Å². The minimum Gasteiger partial charge on any atom is -0.352 e. The highest BCUT2D eigenvalue weighted by atomic mass is 35.7. The fourth-order valence-corrected chi connectivity index (χ4v) is 2.82. The molecule has 1 rings (SSSR count). The van der Waals surface area contributed by atoms with Crippen LogP contribution in [0.3, 0.4) is 0 Å². The number of carbonyl (C=O) groups excluding carboxylic acids is 1. The lowest BCUT2D eigenvalue weighted by molar-refractivity contribution is -0.385. The maximum absolute atomic E-state index is 11.9.